The van der Waals surface area contributed by atoms with Crippen molar-refractivity contribution in [1.82, 2.24) is 5.32 Å². The van der Waals surface area contributed by atoms with Crippen LogP contribution in [0.5, 0.6) is 5.75 Å². The molecule has 4 atom stereocenters. The van der Waals surface area contributed by atoms with Crippen LogP contribution < -0.4 is 15.8 Å². The van der Waals surface area contributed by atoms with Crippen LogP contribution in [0.4, 0.5) is 4.39 Å². The van der Waals surface area contributed by atoms with Gasteiger partial charge in [0.25, 0.3) is 5.91 Å². The maximum atomic E-state index is 13.5. The summed E-state index contributed by atoms with van der Waals surface area (Å²) >= 11 is 0. The summed E-state index contributed by atoms with van der Waals surface area (Å²) in [7, 11) is 0. The monoisotopic (exact) mass is 326 g/mol. The number of hydrogen-bond acceptors (Lipinski definition) is 6. The zero-order valence-electron chi connectivity index (χ0n) is 12.4. The van der Waals surface area contributed by atoms with Gasteiger partial charge in [-0.2, -0.15) is 0 Å². The quantitative estimate of drug-likeness (QED) is 0.669. The molecule has 3 rings (SSSR count). The van der Waals surface area contributed by atoms with E-state index in [0.29, 0.717) is 0 Å². The fourth-order valence-corrected chi connectivity index (χ4v) is 2.82. The lowest BCUT2D eigenvalue weighted by atomic mass is 10.1. The molecular formula is C15H19FN2O5. The summed E-state index contributed by atoms with van der Waals surface area (Å²) in [5.74, 6) is -0.767. The number of benzene rings is 1. The predicted octanol–water partition coefficient (Wildman–Crippen LogP) is -0.580. The van der Waals surface area contributed by atoms with Gasteiger partial charge < -0.3 is 30.4 Å². The zero-order chi connectivity index (χ0) is 16.4. The van der Waals surface area contributed by atoms with Gasteiger partial charge in [0.2, 0.25) is 0 Å². The van der Waals surface area contributed by atoms with Crippen LogP contribution in [-0.2, 0) is 9.47 Å². The molecule has 126 valence electrons. The molecule has 7 nitrogen and oxygen atoms in total. The van der Waals surface area contributed by atoms with Crippen LogP contribution in [0.3, 0.4) is 0 Å². The summed E-state index contributed by atoms with van der Waals surface area (Å²) in [6, 6.07) is 3.31. The maximum absolute atomic E-state index is 13.5. The molecule has 2 heterocycles. The smallest absolute Gasteiger partial charge is 0.255 e. The number of nitrogens with one attached hydrogen (secondary N) is 1. The molecule has 2 fully saturated rings. The van der Waals surface area contributed by atoms with E-state index in [1.807, 2.05) is 0 Å². The molecule has 0 unspecified atom stereocenters. The molecule has 0 bridgehead atoms. The van der Waals surface area contributed by atoms with Crippen molar-refractivity contribution >= 4 is 5.91 Å². The summed E-state index contributed by atoms with van der Waals surface area (Å²) in [6.07, 6.45) is -1.55. The van der Waals surface area contributed by atoms with E-state index >= 15 is 0 Å². The van der Waals surface area contributed by atoms with E-state index in [0.717, 1.165) is 6.07 Å². The summed E-state index contributed by atoms with van der Waals surface area (Å²) in [5, 5.41) is 12.5. The van der Waals surface area contributed by atoms with E-state index < -0.39 is 36.1 Å². The third-order valence-corrected chi connectivity index (χ3v) is 3.91. The first-order chi connectivity index (χ1) is 11.1. The van der Waals surface area contributed by atoms with Gasteiger partial charge >= 0.3 is 0 Å². The highest BCUT2D eigenvalue weighted by Crippen LogP contribution is 2.28. The van der Waals surface area contributed by atoms with Gasteiger partial charge in [0.15, 0.2) is 0 Å². The average molecular weight is 326 g/mol. The molecule has 1 aromatic carbocycles. The first-order valence-electron chi connectivity index (χ1n) is 7.44. The summed E-state index contributed by atoms with van der Waals surface area (Å²) in [5.41, 5.74) is 5.46. The largest absolute Gasteiger partial charge is 0.491 e. The van der Waals surface area contributed by atoms with Gasteiger partial charge in [0.05, 0.1) is 24.8 Å². The molecule has 8 heteroatoms. The third-order valence-electron chi connectivity index (χ3n) is 3.91. The number of ether oxygens (including phenoxy) is 3. The second-order valence-electron chi connectivity index (χ2n) is 5.52. The number of nitrogens with two attached hydrogens (primary N) is 1. The Morgan fingerprint density at radius 3 is 2.96 bits per heavy atom. The number of rotatable bonds is 5. The van der Waals surface area contributed by atoms with Crippen LogP contribution in [0, 0.1) is 5.82 Å². The number of carbonyl (C=O) groups is 1. The van der Waals surface area contributed by atoms with Crippen LogP contribution in [-0.4, -0.2) is 61.7 Å². The van der Waals surface area contributed by atoms with E-state index in [1.165, 1.54) is 12.1 Å². The number of halogens is 1. The van der Waals surface area contributed by atoms with Crippen LogP contribution >= 0.6 is 0 Å². The third kappa shape index (κ3) is 3.30. The molecule has 0 saturated carbocycles. The molecule has 4 N–H and O–H groups in total. The summed E-state index contributed by atoms with van der Waals surface area (Å²) in [6.45, 7) is 0.905. The van der Waals surface area contributed by atoms with Crippen LogP contribution in [0.15, 0.2) is 18.2 Å². The van der Waals surface area contributed by atoms with Crippen LogP contribution in [0.25, 0.3) is 0 Å². The highest BCUT2D eigenvalue weighted by molar-refractivity contribution is 5.97. The minimum absolute atomic E-state index is 0.0837. The SMILES string of the molecule is NCCOc1ccc(F)cc1C(=O)N[C@@H]1CO[C@H]2[C@@H]1OC[C@H]2O. The van der Waals surface area contributed by atoms with Gasteiger partial charge in [-0.25, -0.2) is 4.39 Å². The maximum Gasteiger partial charge on any atom is 0.255 e. The van der Waals surface area contributed by atoms with Gasteiger partial charge in [0.1, 0.15) is 36.5 Å². The Labute approximate surface area is 132 Å². The van der Waals surface area contributed by atoms with Crippen LogP contribution in [0.2, 0.25) is 0 Å². The molecule has 1 aromatic rings. The Kier molecular flexibility index (Phi) is 4.76. The molecule has 23 heavy (non-hydrogen) atoms. The molecular weight excluding hydrogens is 307 g/mol. The minimum atomic E-state index is -0.695. The summed E-state index contributed by atoms with van der Waals surface area (Å²) < 4.78 is 29.7. The summed E-state index contributed by atoms with van der Waals surface area (Å²) in [4.78, 5) is 12.4. The highest BCUT2D eigenvalue weighted by atomic mass is 19.1. The molecule has 0 aromatic heterocycles. The number of fused-ring (bicyclic) bond motifs is 1. The van der Waals surface area contributed by atoms with Crippen molar-refractivity contribution in [3.05, 3.63) is 29.6 Å². The van der Waals surface area contributed by atoms with Gasteiger partial charge in [-0.05, 0) is 18.2 Å². The average Bonchev–Trinajstić information content (AvgIpc) is 3.10. The van der Waals surface area contributed by atoms with Crippen molar-refractivity contribution in [1.29, 1.82) is 0 Å². The van der Waals surface area contributed by atoms with E-state index in [1.54, 1.807) is 0 Å². The Morgan fingerprint density at radius 1 is 1.39 bits per heavy atom. The lowest BCUT2D eigenvalue weighted by Crippen LogP contribution is -2.44. The fourth-order valence-electron chi connectivity index (χ4n) is 2.82. The lowest BCUT2D eigenvalue weighted by Gasteiger charge is -2.18. The minimum Gasteiger partial charge on any atom is -0.491 e. The van der Waals surface area contributed by atoms with Crippen molar-refractivity contribution in [2.75, 3.05) is 26.4 Å². The van der Waals surface area contributed by atoms with E-state index in [-0.39, 0.29) is 37.7 Å². The van der Waals surface area contributed by atoms with Gasteiger partial charge in [0, 0.05) is 6.54 Å². The Balaban J connectivity index is 1.72. The molecule has 2 saturated heterocycles. The Bertz CT molecular complexity index is 585. The molecule has 1 amide bonds. The standard InChI is InChI=1S/C15H19FN2O5/c16-8-1-2-12(21-4-3-17)9(5-8)15(20)18-10-6-22-14-11(19)7-23-13(10)14/h1-2,5,10-11,13-14,19H,3-4,6-7,17H2,(H,18,20)/t10-,11-,13-,14-/m1/s1. The molecule has 2 aliphatic heterocycles. The van der Waals surface area contributed by atoms with Gasteiger partial charge in [-0.3, -0.25) is 4.79 Å². The number of hydrogen-bond donors (Lipinski definition) is 3. The Hall–Kier alpha value is -1.74. The highest BCUT2D eigenvalue weighted by Gasteiger charge is 2.47. The van der Waals surface area contributed by atoms with Gasteiger partial charge in [-0.15, -0.1) is 0 Å². The number of aliphatic hydroxyl groups is 1. The van der Waals surface area contributed by atoms with Crippen molar-refractivity contribution in [2.24, 2.45) is 5.73 Å². The van der Waals surface area contributed by atoms with E-state index in [2.05, 4.69) is 5.32 Å². The van der Waals surface area contributed by atoms with Crippen molar-refractivity contribution < 1.29 is 28.5 Å². The van der Waals surface area contributed by atoms with E-state index in [9.17, 15) is 14.3 Å². The van der Waals surface area contributed by atoms with Crippen molar-refractivity contribution in [3.63, 3.8) is 0 Å². The normalized spacial score (nSPS) is 29.3. The number of carbonyl (C=O) groups excluding carboxylic acids is 1. The molecule has 0 radical (unpaired) electrons. The van der Waals surface area contributed by atoms with Crippen LogP contribution in [0.1, 0.15) is 10.4 Å². The number of amides is 1. The molecule has 2 aliphatic rings. The second kappa shape index (κ2) is 6.79. The topological polar surface area (TPSA) is 103 Å². The second-order valence-corrected chi connectivity index (χ2v) is 5.52. The number of aliphatic hydroxyl groups excluding tert-OH is 1. The zero-order valence-corrected chi connectivity index (χ0v) is 12.4. The predicted molar refractivity (Wildman–Crippen MR) is 77.7 cm³/mol. The fraction of sp³-hybridized carbons (Fsp3) is 0.533. The Morgan fingerprint density at radius 2 is 2.17 bits per heavy atom. The first-order valence-corrected chi connectivity index (χ1v) is 7.44. The molecule has 0 aliphatic carbocycles. The first kappa shape index (κ1) is 16.1. The lowest BCUT2D eigenvalue weighted by molar-refractivity contribution is 0.0178. The van der Waals surface area contributed by atoms with Gasteiger partial charge in [-0.1, -0.05) is 0 Å². The molecule has 0 spiro atoms. The van der Waals surface area contributed by atoms with Crippen molar-refractivity contribution in [3.8, 4) is 5.75 Å². The van der Waals surface area contributed by atoms with Crippen molar-refractivity contribution in [2.45, 2.75) is 24.4 Å². The van der Waals surface area contributed by atoms with E-state index in [4.69, 9.17) is 19.9 Å².